The SMILES string of the molecule is CCCC(N)Cc1nc(C2CN(CC)CCO2)no1. The van der Waals surface area contributed by atoms with Crippen LogP contribution in [0.3, 0.4) is 0 Å². The lowest BCUT2D eigenvalue weighted by Crippen LogP contribution is -2.38. The molecule has 0 spiro atoms. The van der Waals surface area contributed by atoms with E-state index in [0.29, 0.717) is 18.1 Å². The van der Waals surface area contributed by atoms with Crippen molar-refractivity contribution in [1.29, 1.82) is 0 Å². The van der Waals surface area contributed by atoms with Crippen LogP contribution in [0.25, 0.3) is 0 Å². The molecule has 0 aromatic carbocycles. The van der Waals surface area contributed by atoms with Crippen LogP contribution >= 0.6 is 0 Å². The number of rotatable bonds is 6. The van der Waals surface area contributed by atoms with E-state index in [1.165, 1.54) is 0 Å². The van der Waals surface area contributed by atoms with Gasteiger partial charge in [0.15, 0.2) is 0 Å². The molecule has 1 aliphatic rings. The van der Waals surface area contributed by atoms with Crippen LogP contribution in [0.1, 0.15) is 44.5 Å². The summed E-state index contributed by atoms with van der Waals surface area (Å²) in [6.07, 6.45) is 2.61. The van der Waals surface area contributed by atoms with E-state index in [9.17, 15) is 0 Å². The third-order valence-corrected chi connectivity index (χ3v) is 3.47. The maximum Gasteiger partial charge on any atom is 0.228 e. The van der Waals surface area contributed by atoms with Crippen molar-refractivity contribution in [2.45, 2.75) is 45.3 Å². The molecule has 0 radical (unpaired) electrons. The normalized spacial score (nSPS) is 22.6. The zero-order chi connectivity index (χ0) is 13.7. The molecular weight excluding hydrogens is 244 g/mol. The first-order chi connectivity index (χ1) is 9.22. The van der Waals surface area contributed by atoms with Crippen molar-refractivity contribution in [3.8, 4) is 0 Å². The molecule has 1 aromatic rings. The van der Waals surface area contributed by atoms with Gasteiger partial charge in [-0.05, 0) is 13.0 Å². The van der Waals surface area contributed by atoms with Crippen molar-refractivity contribution in [2.75, 3.05) is 26.2 Å². The predicted molar refractivity (Wildman–Crippen MR) is 71.7 cm³/mol. The molecule has 6 heteroatoms. The average molecular weight is 268 g/mol. The first-order valence-electron chi connectivity index (χ1n) is 7.15. The topological polar surface area (TPSA) is 77.4 Å². The summed E-state index contributed by atoms with van der Waals surface area (Å²) in [7, 11) is 0. The molecule has 0 aliphatic carbocycles. The minimum absolute atomic E-state index is 0.0754. The maximum atomic E-state index is 5.98. The monoisotopic (exact) mass is 268 g/mol. The molecule has 6 nitrogen and oxygen atoms in total. The molecule has 0 saturated carbocycles. The number of nitrogens with two attached hydrogens (primary N) is 1. The Kier molecular flexibility index (Phi) is 5.30. The van der Waals surface area contributed by atoms with Crippen LogP contribution in [0, 0.1) is 0 Å². The summed E-state index contributed by atoms with van der Waals surface area (Å²) in [6.45, 7) is 7.81. The second-order valence-electron chi connectivity index (χ2n) is 5.05. The van der Waals surface area contributed by atoms with Gasteiger partial charge in [0.05, 0.1) is 6.61 Å². The second kappa shape index (κ2) is 6.98. The minimum Gasteiger partial charge on any atom is -0.367 e. The van der Waals surface area contributed by atoms with Crippen molar-refractivity contribution >= 4 is 0 Å². The van der Waals surface area contributed by atoms with Crippen molar-refractivity contribution in [1.82, 2.24) is 15.0 Å². The predicted octanol–water partition coefficient (Wildman–Crippen LogP) is 1.13. The maximum absolute atomic E-state index is 5.98. The highest BCUT2D eigenvalue weighted by atomic mass is 16.5. The molecule has 1 aliphatic heterocycles. The van der Waals surface area contributed by atoms with Gasteiger partial charge in [-0.3, -0.25) is 4.90 Å². The Morgan fingerprint density at radius 1 is 1.47 bits per heavy atom. The molecule has 19 heavy (non-hydrogen) atoms. The van der Waals surface area contributed by atoms with E-state index in [2.05, 4.69) is 28.9 Å². The number of aromatic nitrogens is 2. The van der Waals surface area contributed by atoms with E-state index < -0.39 is 0 Å². The molecule has 2 atom stereocenters. The Labute approximate surface area is 114 Å². The van der Waals surface area contributed by atoms with Crippen LogP contribution in [0.4, 0.5) is 0 Å². The number of morpholine rings is 1. The highest BCUT2D eigenvalue weighted by Gasteiger charge is 2.25. The molecule has 1 saturated heterocycles. The molecule has 0 bridgehead atoms. The van der Waals surface area contributed by atoms with Crippen LogP contribution in [0.5, 0.6) is 0 Å². The summed E-state index contributed by atoms with van der Waals surface area (Å²) in [5.74, 6) is 1.27. The van der Waals surface area contributed by atoms with E-state index in [1.54, 1.807) is 0 Å². The third kappa shape index (κ3) is 3.99. The summed E-state index contributed by atoms with van der Waals surface area (Å²) in [5, 5.41) is 4.03. The molecule has 2 unspecified atom stereocenters. The van der Waals surface area contributed by atoms with E-state index in [-0.39, 0.29) is 12.1 Å². The Morgan fingerprint density at radius 2 is 2.32 bits per heavy atom. The standard InChI is InChI=1S/C13H24N4O2/c1-3-5-10(14)8-12-15-13(16-19-12)11-9-17(4-2)6-7-18-11/h10-11H,3-9,14H2,1-2H3. The van der Waals surface area contributed by atoms with Gasteiger partial charge >= 0.3 is 0 Å². The number of hydrogen-bond donors (Lipinski definition) is 1. The van der Waals surface area contributed by atoms with Gasteiger partial charge in [-0.15, -0.1) is 0 Å². The van der Waals surface area contributed by atoms with Crippen molar-refractivity contribution < 1.29 is 9.26 Å². The summed E-state index contributed by atoms with van der Waals surface area (Å²) in [6, 6.07) is 0.0951. The lowest BCUT2D eigenvalue weighted by molar-refractivity contribution is -0.0334. The summed E-state index contributed by atoms with van der Waals surface area (Å²) >= 11 is 0. The van der Waals surface area contributed by atoms with Gasteiger partial charge < -0.3 is 15.0 Å². The van der Waals surface area contributed by atoms with Crippen molar-refractivity contribution in [3.63, 3.8) is 0 Å². The van der Waals surface area contributed by atoms with Gasteiger partial charge in [-0.1, -0.05) is 25.4 Å². The lowest BCUT2D eigenvalue weighted by atomic mass is 10.1. The fraction of sp³-hybridized carbons (Fsp3) is 0.846. The van der Waals surface area contributed by atoms with E-state index in [0.717, 1.165) is 39.1 Å². The molecular formula is C13H24N4O2. The van der Waals surface area contributed by atoms with Crippen LogP contribution < -0.4 is 5.73 Å². The Balaban J connectivity index is 1.92. The molecule has 2 N–H and O–H groups in total. The highest BCUT2D eigenvalue weighted by molar-refractivity contribution is 4.95. The summed E-state index contributed by atoms with van der Waals surface area (Å²) in [5.41, 5.74) is 5.98. The van der Waals surface area contributed by atoms with Gasteiger partial charge in [0.25, 0.3) is 0 Å². The fourth-order valence-electron chi connectivity index (χ4n) is 2.32. The van der Waals surface area contributed by atoms with E-state index in [1.807, 2.05) is 0 Å². The zero-order valence-corrected chi connectivity index (χ0v) is 11.8. The Bertz CT molecular complexity index is 382. The molecule has 0 amide bonds. The number of likely N-dealkylation sites (N-methyl/N-ethyl adjacent to an activating group) is 1. The van der Waals surface area contributed by atoms with Gasteiger partial charge in [0.1, 0.15) is 6.10 Å². The van der Waals surface area contributed by atoms with Crippen LogP contribution in [-0.2, 0) is 11.2 Å². The fourth-order valence-corrected chi connectivity index (χ4v) is 2.32. The zero-order valence-electron chi connectivity index (χ0n) is 11.8. The quantitative estimate of drug-likeness (QED) is 0.833. The number of hydrogen-bond acceptors (Lipinski definition) is 6. The molecule has 1 fully saturated rings. The first kappa shape index (κ1) is 14.4. The summed E-state index contributed by atoms with van der Waals surface area (Å²) in [4.78, 5) is 6.74. The number of nitrogens with zero attached hydrogens (tertiary/aromatic N) is 3. The molecule has 108 valence electrons. The van der Waals surface area contributed by atoms with E-state index >= 15 is 0 Å². The van der Waals surface area contributed by atoms with Crippen LogP contribution in [-0.4, -0.2) is 47.3 Å². The largest absolute Gasteiger partial charge is 0.367 e. The highest BCUT2D eigenvalue weighted by Crippen LogP contribution is 2.19. The first-order valence-corrected chi connectivity index (χ1v) is 7.15. The van der Waals surface area contributed by atoms with E-state index in [4.69, 9.17) is 15.0 Å². The Morgan fingerprint density at radius 3 is 3.05 bits per heavy atom. The smallest absolute Gasteiger partial charge is 0.228 e. The molecule has 2 heterocycles. The minimum atomic E-state index is -0.0754. The third-order valence-electron chi connectivity index (χ3n) is 3.47. The van der Waals surface area contributed by atoms with Gasteiger partial charge in [-0.2, -0.15) is 4.98 Å². The Hall–Kier alpha value is -0.980. The van der Waals surface area contributed by atoms with Gasteiger partial charge in [0.2, 0.25) is 11.7 Å². The van der Waals surface area contributed by atoms with Gasteiger partial charge in [-0.25, -0.2) is 0 Å². The average Bonchev–Trinajstić information content (AvgIpc) is 2.87. The number of ether oxygens (including phenoxy) is 1. The lowest BCUT2D eigenvalue weighted by Gasteiger charge is -2.30. The summed E-state index contributed by atoms with van der Waals surface area (Å²) < 4.78 is 11.0. The van der Waals surface area contributed by atoms with Gasteiger partial charge in [0, 0.05) is 25.6 Å². The van der Waals surface area contributed by atoms with Crippen LogP contribution in [0.2, 0.25) is 0 Å². The van der Waals surface area contributed by atoms with Crippen molar-refractivity contribution in [3.05, 3.63) is 11.7 Å². The van der Waals surface area contributed by atoms with Crippen molar-refractivity contribution in [2.24, 2.45) is 5.73 Å². The molecule has 1 aromatic heterocycles. The molecule has 2 rings (SSSR count). The van der Waals surface area contributed by atoms with Crippen LogP contribution in [0.15, 0.2) is 4.52 Å². The second-order valence-corrected chi connectivity index (χ2v) is 5.05.